The van der Waals surface area contributed by atoms with E-state index in [1.54, 1.807) is 7.11 Å². The van der Waals surface area contributed by atoms with E-state index in [0.29, 0.717) is 24.9 Å². The van der Waals surface area contributed by atoms with Gasteiger partial charge in [-0.1, -0.05) is 62.9 Å². The van der Waals surface area contributed by atoms with E-state index >= 15 is 0 Å². The van der Waals surface area contributed by atoms with E-state index in [0.717, 1.165) is 53.6 Å². The lowest BCUT2D eigenvalue weighted by Crippen LogP contribution is -2.46. The van der Waals surface area contributed by atoms with Crippen molar-refractivity contribution < 1.29 is 9.53 Å². The molecule has 3 aromatic rings. The average molecular weight is 560 g/mol. The monoisotopic (exact) mass is 559 g/mol. The number of ether oxygens (including phenoxy) is 1. The van der Waals surface area contributed by atoms with Crippen molar-refractivity contribution in [1.29, 1.82) is 0 Å². The van der Waals surface area contributed by atoms with Gasteiger partial charge in [-0.05, 0) is 78.8 Å². The van der Waals surface area contributed by atoms with E-state index in [4.69, 9.17) is 4.74 Å². The maximum absolute atomic E-state index is 12.5. The fourth-order valence-electron chi connectivity index (χ4n) is 5.60. The number of fused-ring (bicyclic) bond motifs is 1. The van der Waals surface area contributed by atoms with Crippen molar-refractivity contribution in [2.75, 3.05) is 13.7 Å². The Morgan fingerprint density at radius 1 is 1.30 bits per heavy atom. The first kappa shape index (κ1) is 29.6. The lowest BCUT2D eigenvalue weighted by molar-refractivity contribution is 0.123. The summed E-state index contributed by atoms with van der Waals surface area (Å²) < 4.78 is 7.40. The molecule has 1 saturated heterocycles. The van der Waals surface area contributed by atoms with Gasteiger partial charge in [-0.3, -0.25) is 14.5 Å². The third-order valence-corrected chi connectivity index (χ3v) is 8.10. The molecule has 0 saturated carbocycles. The number of rotatable bonds is 11. The number of hydrogen-bond acceptors (Lipinski definition) is 5. The molecule has 1 aromatic carbocycles. The van der Waals surface area contributed by atoms with Crippen molar-refractivity contribution in [1.82, 2.24) is 24.9 Å². The molecule has 3 heterocycles. The van der Waals surface area contributed by atoms with Gasteiger partial charge >= 0.3 is 0 Å². The highest BCUT2D eigenvalue weighted by Gasteiger charge is 2.34. The van der Waals surface area contributed by atoms with E-state index in [1.165, 1.54) is 5.57 Å². The van der Waals surface area contributed by atoms with Crippen molar-refractivity contribution in [2.45, 2.75) is 59.0 Å². The van der Waals surface area contributed by atoms with Crippen molar-refractivity contribution in [3.63, 3.8) is 0 Å². The second kappa shape index (κ2) is 13.8. The first-order valence-electron chi connectivity index (χ1n) is 14.1. The topological polar surface area (TPSA) is 73.1 Å². The summed E-state index contributed by atoms with van der Waals surface area (Å²) in [6.07, 6.45) is 15.7. The molecule has 8 heteroatoms. The van der Waals surface area contributed by atoms with Gasteiger partial charge < -0.3 is 9.64 Å². The van der Waals surface area contributed by atoms with Crippen LogP contribution in [0.25, 0.3) is 16.5 Å². The quantitative estimate of drug-likeness (QED) is 0.155. The number of amides is 1. The van der Waals surface area contributed by atoms with Gasteiger partial charge in [0.15, 0.2) is 0 Å². The third kappa shape index (κ3) is 7.22. The summed E-state index contributed by atoms with van der Waals surface area (Å²) in [6, 6.07) is 7.99. The van der Waals surface area contributed by atoms with Crippen LogP contribution in [0.1, 0.15) is 51.3 Å². The molecule has 2 aromatic heterocycles. The van der Waals surface area contributed by atoms with Crippen LogP contribution in [-0.2, 0) is 13.0 Å². The van der Waals surface area contributed by atoms with Crippen LogP contribution in [0.4, 0.5) is 4.79 Å². The number of aromatic nitrogens is 4. The standard InChI is InChI=1S/C32H41N5O2S/c1-6-23(10-8-9-22(3)4)31-21-36(35-34-31)20-24(7-2)25-14-16-37(32(38)40)27(17-25)18-26-13-15-33-30-12-11-28(39-5)19-29(26)30/h7-13,15,19,21-22,24-25,27H,2,6,14,16-18,20H2,1,3-5H3,(H,38,40)/b9-8-,23-10+. The molecule has 1 aliphatic rings. The first-order valence-corrected chi connectivity index (χ1v) is 14.6. The van der Waals surface area contributed by atoms with Gasteiger partial charge in [-0.15, -0.1) is 11.7 Å². The number of methoxy groups -OCH3 is 1. The largest absolute Gasteiger partial charge is 0.497 e. The molecule has 1 aliphatic heterocycles. The Morgan fingerprint density at radius 2 is 2.12 bits per heavy atom. The Hall–Kier alpha value is -3.39. The molecule has 0 aliphatic carbocycles. The summed E-state index contributed by atoms with van der Waals surface area (Å²) in [7, 11) is 1.67. The summed E-state index contributed by atoms with van der Waals surface area (Å²) in [5, 5.41) is 9.78. The van der Waals surface area contributed by atoms with Gasteiger partial charge in [0.1, 0.15) is 11.4 Å². The number of benzene rings is 1. The molecule has 40 heavy (non-hydrogen) atoms. The molecule has 3 atom stereocenters. The summed E-state index contributed by atoms with van der Waals surface area (Å²) in [6.45, 7) is 12.0. The Morgan fingerprint density at radius 3 is 2.83 bits per heavy atom. The van der Waals surface area contributed by atoms with Crippen LogP contribution in [-0.4, -0.2) is 49.8 Å². The summed E-state index contributed by atoms with van der Waals surface area (Å²) in [5.74, 6) is 1.86. The van der Waals surface area contributed by atoms with E-state index in [9.17, 15) is 4.79 Å². The zero-order valence-electron chi connectivity index (χ0n) is 24.0. The summed E-state index contributed by atoms with van der Waals surface area (Å²) in [4.78, 5) is 18.9. The fraction of sp³-hybridized carbons (Fsp3) is 0.438. The molecule has 7 nitrogen and oxygen atoms in total. The minimum atomic E-state index is -0.180. The molecule has 3 unspecified atom stereocenters. The Bertz CT molecular complexity index is 1380. The van der Waals surface area contributed by atoms with Crippen molar-refractivity contribution >= 4 is 34.3 Å². The zero-order valence-corrected chi connectivity index (χ0v) is 24.9. The predicted molar refractivity (Wildman–Crippen MR) is 166 cm³/mol. The van der Waals surface area contributed by atoms with Crippen LogP contribution in [0, 0.1) is 17.8 Å². The first-order chi connectivity index (χ1) is 19.3. The SMILES string of the molecule is C=CC(Cn1cc(/C(=C/C=C\C(C)C)CC)nn1)C1CCN(C(=O)S)C(Cc2ccnc3ccc(OC)cc23)C1. The maximum Gasteiger partial charge on any atom is 0.278 e. The number of piperidine rings is 1. The number of carbonyl (C=O) groups is 1. The number of thiol groups is 1. The normalized spacial score (nSPS) is 18.9. The van der Waals surface area contributed by atoms with Crippen molar-refractivity contribution in [3.05, 3.63) is 78.8 Å². The fourth-order valence-corrected chi connectivity index (χ4v) is 5.87. The molecule has 212 valence electrons. The third-order valence-electron chi connectivity index (χ3n) is 7.84. The maximum atomic E-state index is 12.5. The van der Waals surface area contributed by atoms with E-state index < -0.39 is 0 Å². The van der Waals surface area contributed by atoms with Crippen LogP contribution in [0.2, 0.25) is 0 Å². The second-order valence-corrected chi connectivity index (χ2v) is 11.3. The molecule has 0 N–H and O–H groups in total. The highest BCUT2D eigenvalue weighted by Crippen LogP contribution is 2.34. The Balaban J connectivity index is 1.52. The molecule has 4 rings (SSSR count). The molecule has 0 radical (unpaired) electrons. The van der Waals surface area contributed by atoms with Gasteiger partial charge in [0.05, 0.1) is 18.8 Å². The van der Waals surface area contributed by atoms with Crippen LogP contribution in [0.15, 0.2) is 67.5 Å². The minimum Gasteiger partial charge on any atom is -0.497 e. The predicted octanol–water partition coefficient (Wildman–Crippen LogP) is 7.02. The van der Waals surface area contributed by atoms with Crippen LogP contribution in [0.3, 0.4) is 0 Å². The number of allylic oxidation sites excluding steroid dienone is 5. The zero-order chi connectivity index (χ0) is 28.6. The van der Waals surface area contributed by atoms with Crippen LogP contribution in [0.5, 0.6) is 5.75 Å². The van der Waals surface area contributed by atoms with Gasteiger partial charge in [-0.25, -0.2) is 0 Å². The van der Waals surface area contributed by atoms with Gasteiger partial charge in [-0.2, -0.15) is 0 Å². The molecule has 0 bridgehead atoms. The number of nitrogens with zero attached hydrogens (tertiary/aromatic N) is 5. The van der Waals surface area contributed by atoms with Gasteiger partial charge in [0, 0.05) is 30.7 Å². The number of carbonyl (C=O) groups excluding carboxylic acids is 1. The average Bonchev–Trinajstić information content (AvgIpc) is 3.42. The lowest BCUT2D eigenvalue weighted by atomic mass is 9.79. The highest BCUT2D eigenvalue weighted by atomic mass is 32.1. The van der Waals surface area contributed by atoms with Crippen LogP contribution < -0.4 is 4.74 Å². The van der Waals surface area contributed by atoms with E-state index in [2.05, 4.69) is 73.5 Å². The molecular formula is C32H41N5O2S. The van der Waals surface area contributed by atoms with Crippen molar-refractivity contribution in [3.8, 4) is 5.75 Å². The Labute approximate surface area is 243 Å². The number of likely N-dealkylation sites (tertiary alicyclic amines) is 1. The molecular weight excluding hydrogens is 518 g/mol. The highest BCUT2D eigenvalue weighted by molar-refractivity contribution is 7.96. The van der Waals surface area contributed by atoms with E-state index in [1.807, 2.05) is 52.3 Å². The summed E-state index contributed by atoms with van der Waals surface area (Å²) in [5.41, 5.74) is 4.14. The second-order valence-electron chi connectivity index (χ2n) is 10.9. The van der Waals surface area contributed by atoms with Crippen molar-refractivity contribution in [2.24, 2.45) is 17.8 Å². The smallest absolute Gasteiger partial charge is 0.278 e. The number of hydrogen-bond donors (Lipinski definition) is 1. The molecule has 0 spiro atoms. The van der Waals surface area contributed by atoms with Gasteiger partial charge in [0.25, 0.3) is 5.24 Å². The minimum absolute atomic E-state index is 0.0247. The molecule has 1 fully saturated rings. The summed E-state index contributed by atoms with van der Waals surface area (Å²) >= 11 is 4.22. The van der Waals surface area contributed by atoms with Gasteiger partial charge in [0.2, 0.25) is 0 Å². The lowest BCUT2D eigenvalue weighted by Gasteiger charge is -2.41. The Kier molecular flexibility index (Phi) is 10.2. The van der Waals surface area contributed by atoms with Crippen LogP contribution >= 0.6 is 12.6 Å². The number of pyridine rings is 1. The molecule has 1 amide bonds. The van der Waals surface area contributed by atoms with E-state index in [-0.39, 0.29) is 17.2 Å².